The molecular formula is C13H19Cl2NO2S. The third kappa shape index (κ3) is 4.95. The molecule has 0 saturated heterocycles. The molecule has 0 amide bonds. The summed E-state index contributed by atoms with van der Waals surface area (Å²) in [4.78, 5) is 0.104. The molecule has 0 aromatic heterocycles. The van der Waals surface area contributed by atoms with Crippen molar-refractivity contribution in [2.45, 2.75) is 31.6 Å². The van der Waals surface area contributed by atoms with Gasteiger partial charge in [-0.1, -0.05) is 37.0 Å². The van der Waals surface area contributed by atoms with Crippen molar-refractivity contribution in [3.05, 3.63) is 28.2 Å². The zero-order valence-electron chi connectivity index (χ0n) is 11.1. The van der Waals surface area contributed by atoms with E-state index in [9.17, 15) is 8.42 Å². The Balaban J connectivity index is 2.79. The van der Waals surface area contributed by atoms with Crippen LogP contribution in [0.2, 0.25) is 10.0 Å². The van der Waals surface area contributed by atoms with E-state index < -0.39 is 9.84 Å². The Bertz CT molecular complexity index is 542. The van der Waals surface area contributed by atoms with Gasteiger partial charge in [0.25, 0.3) is 0 Å². The van der Waals surface area contributed by atoms with Gasteiger partial charge in [0.05, 0.1) is 15.7 Å². The SMILES string of the molecule is CC(C)(CN)CCCS(=O)(=O)c1cc(Cl)ccc1Cl. The number of nitrogens with two attached hydrogens (primary N) is 1. The molecule has 0 aliphatic carbocycles. The Morgan fingerprint density at radius 2 is 1.89 bits per heavy atom. The van der Waals surface area contributed by atoms with Gasteiger partial charge in [-0.25, -0.2) is 8.42 Å². The van der Waals surface area contributed by atoms with Crippen LogP contribution in [-0.2, 0) is 9.84 Å². The number of hydrogen-bond acceptors (Lipinski definition) is 3. The van der Waals surface area contributed by atoms with Crippen LogP contribution in [0.5, 0.6) is 0 Å². The molecule has 1 rings (SSSR count). The van der Waals surface area contributed by atoms with E-state index in [1.54, 1.807) is 6.07 Å². The summed E-state index contributed by atoms with van der Waals surface area (Å²) in [6.07, 6.45) is 1.30. The second-order valence-electron chi connectivity index (χ2n) is 5.37. The molecule has 0 heterocycles. The molecule has 0 unspecified atom stereocenters. The van der Waals surface area contributed by atoms with E-state index >= 15 is 0 Å². The van der Waals surface area contributed by atoms with Crippen molar-refractivity contribution in [3.63, 3.8) is 0 Å². The molecule has 0 radical (unpaired) electrons. The third-order valence-electron chi connectivity index (χ3n) is 3.05. The van der Waals surface area contributed by atoms with Crippen LogP contribution in [0.4, 0.5) is 0 Å². The summed E-state index contributed by atoms with van der Waals surface area (Å²) < 4.78 is 24.4. The standard InChI is InChI=1S/C13H19Cl2NO2S/c1-13(2,9-16)6-3-7-19(17,18)12-8-10(14)4-5-11(12)15/h4-5,8H,3,6-7,9,16H2,1-2H3. The monoisotopic (exact) mass is 323 g/mol. The van der Waals surface area contributed by atoms with Crippen LogP contribution < -0.4 is 5.73 Å². The molecular weight excluding hydrogens is 305 g/mol. The molecule has 0 aliphatic heterocycles. The number of benzene rings is 1. The van der Waals surface area contributed by atoms with E-state index in [1.807, 2.05) is 13.8 Å². The topological polar surface area (TPSA) is 60.2 Å². The predicted molar refractivity (Wildman–Crippen MR) is 80.6 cm³/mol. The molecule has 0 bridgehead atoms. The van der Waals surface area contributed by atoms with Gasteiger partial charge in [0.1, 0.15) is 0 Å². The maximum Gasteiger partial charge on any atom is 0.179 e. The minimum atomic E-state index is -3.40. The summed E-state index contributed by atoms with van der Waals surface area (Å²) in [5.41, 5.74) is 5.58. The predicted octanol–water partition coefficient (Wildman–Crippen LogP) is 3.53. The molecule has 6 heteroatoms. The zero-order valence-corrected chi connectivity index (χ0v) is 13.4. The smallest absolute Gasteiger partial charge is 0.179 e. The Hall–Kier alpha value is -0.290. The van der Waals surface area contributed by atoms with Gasteiger partial charge >= 0.3 is 0 Å². The van der Waals surface area contributed by atoms with Gasteiger partial charge in [-0.15, -0.1) is 0 Å². The van der Waals surface area contributed by atoms with Gasteiger partial charge in [0.15, 0.2) is 9.84 Å². The number of hydrogen-bond donors (Lipinski definition) is 1. The summed E-state index contributed by atoms with van der Waals surface area (Å²) in [6, 6.07) is 4.47. The highest BCUT2D eigenvalue weighted by atomic mass is 35.5. The average molecular weight is 324 g/mol. The molecule has 108 valence electrons. The highest BCUT2D eigenvalue weighted by Gasteiger charge is 2.21. The first-order chi connectivity index (χ1) is 8.68. The Morgan fingerprint density at radius 3 is 2.47 bits per heavy atom. The second kappa shape index (κ2) is 6.44. The largest absolute Gasteiger partial charge is 0.330 e. The highest BCUT2D eigenvalue weighted by Crippen LogP contribution is 2.28. The van der Waals surface area contributed by atoms with Crippen LogP contribution >= 0.6 is 23.2 Å². The number of rotatable bonds is 6. The Kier molecular flexibility index (Phi) is 5.68. The van der Waals surface area contributed by atoms with E-state index in [1.165, 1.54) is 12.1 Å². The summed E-state index contributed by atoms with van der Waals surface area (Å²) in [5, 5.41) is 0.577. The van der Waals surface area contributed by atoms with Crippen LogP contribution in [-0.4, -0.2) is 20.7 Å². The fourth-order valence-electron chi connectivity index (χ4n) is 1.67. The van der Waals surface area contributed by atoms with Gasteiger partial charge < -0.3 is 5.73 Å². The Labute approximate surface area is 125 Å². The van der Waals surface area contributed by atoms with Gasteiger partial charge in [0, 0.05) is 5.02 Å². The van der Waals surface area contributed by atoms with Gasteiger partial charge in [-0.3, -0.25) is 0 Å². The molecule has 0 aliphatic rings. The van der Waals surface area contributed by atoms with E-state index in [0.29, 0.717) is 18.0 Å². The van der Waals surface area contributed by atoms with Crippen molar-refractivity contribution < 1.29 is 8.42 Å². The lowest BCUT2D eigenvalue weighted by atomic mass is 9.88. The van der Waals surface area contributed by atoms with Gasteiger partial charge in [-0.2, -0.15) is 0 Å². The van der Waals surface area contributed by atoms with Crippen molar-refractivity contribution in [2.24, 2.45) is 11.1 Å². The average Bonchev–Trinajstić information content (AvgIpc) is 2.31. The molecule has 0 fully saturated rings. The van der Waals surface area contributed by atoms with Crippen molar-refractivity contribution >= 4 is 33.0 Å². The number of halogens is 2. The molecule has 0 atom stereocenters. The van der Waals surface area contributed by atoms with Gasteiger partial charge in [0.2, 0.25) is 0 Å². The van der Waals surface area contributed by atoms with Crippen molar-refractivity contribution in [1.82, 2.24) is 0 Å². The van der Waals surface area contributed by atoms with Crippen molar-refractivity contribution in [3.8, 4) is 0 Å². The van der Waals surface area contributed by atoms with Crippen LogP contribution in [0.25, 0.3) is 0 Å². The molecule has 0 spiro atoms. The van der Waals surface area contributed by atoms with E-state index in [2.05, 4.69) is 0 Å². The van der Waals surface area contributed by atoms with E-state index in [4.69, 9.17) is 28.9 Å². The minimum Gasteiger partial charge on any atom is -0.330 e. The molecule has 1 aromatic carbocycles. The van der Waals surface area contributed by atoms with Crippen LogP contribution in [0.1, 0.15) is 26.7 Å². The summed E-state index contributed by atoms with van der Waals surface area (Å²) >= 11 is 11.7. The summed E-state index contributed by atoms with van der Waals surface area (Å²) in [6.45, 7) is 4.57. The minimum absolute atomic E-state index is 0.0480. The fraction of sp³-hybridized carbons (Fsp3) is 0.538. The first kappa shape index (κ1) is 16.8. The molecule has 2 N–H and O–H groups in total. The Morgan fingerprint density at radius 1 is 1.26 bits per heavy atom. The molecule has 0 saturated carbocycles. The summed E-state index contributed by atoms with van der Waals surface area (Å²) in [7, 11) is -3.40. The molecule has 3 nitrogen and oxygen atoms in total. The van der Waals surface area contributed by atoms with E-state index in [0.717, 1.165) is 6.42 Å². The highest BCUT2D eigenvalue weighted by molar-refractivity contribution is 7.91. The van der Waals surface area contributed by atoms with E-state index in [-0.39, 0.29) is 21.1 Å². The number of sulfone groups is 1. The second-order valence-corrected chi connectivity index (χ2v) is 8.29. The van der Waals surface area contributed by atoms with Crippen LogP contribution in [0.3, 0.4) is 0 Å². The quantitative estimate of drug-likeness (QED) is 0.871. The molecule has 19 heavy (non-hydrogen) atoms. The first-order valence-corrected chi connectivity index (χ1v) is 8.47. The lowest BCUT2D eigenvalue weighted by Crippen LogP contribution is -2.24. The van der Waals surface area contributed by atoms with Crippen LogP contribution in [0, 0.1) is 5.41 Å². The zero-order chi connectivity index (χ0) is 14.7. The van der Waals surface area contributed by atoms with Crippen LogP contribution in [0.15, 0.2) is 23.1 Å². The lowest BCUT2D eigenvalue weighted by Gasteiger charge is -2.21. The lowest BCUT2D eigenvalue weighted by molar-refractivity contribution is 0.344. The maximum atomic E-state index is 12.2. The molecule has 1 aromatic rings. The van der Waals surface area contributed by atoms with Crippen molar-refractivity contribution in [2.75, 3.05) is 12.3 Å². The third-order valence-corrected chi connectivity index (χ3v) is 5.56. The van der Waals surface area contributed by atoms with Crippen molar-refractivity contribution in [1.29, 1.82) is 0 Å². The first-order valence-electron chi connectivity index (χ1n) is 6.06. The normalized spacial score (nSPS) is 12.7. The maximum absolute atomic E-state index is 12.2. The van der Waals surface area contributed by atoms with Gasteiger partial charge in [-0.05, 0) is 43.0 Å². The summed E-state index contributed by atoms with van der Waals surface area (Å²) in [5.74, 6) is 0.0521. The fourth-order valence-corrected chi connectivity index (χ4v) is 3.79.